The maximum Gasteiger partial charge on any atom is 0.255 e. The van der Waals surface area contributed by atoms with E-state index in [9.17, 15) is 14.4 Å². The summed E-state index contributed by atoms with van der Waals surface area (Å²) in [4.78, 5) is 38.2. The van der Waals surface area contributed by atoms with Gasteiger partial charge >= 0.3 is 0 Å². The highest BCUT2D eigenvalue weighted by atomic mass is 16.2. The van der Waals surface area contributed by atoms with Crippen LogP contribution in [-0.4, -0.2) is 28.7 Å². The van der Waals surface area contributed by atoms with Gasteiger partial charge in [-0.2, -0.15) is 0 Å². The molecule has 0 radical (unpaired) electrons. The van der Waals surface area contributed by atoms with E-state index in [4.69, 9.17) is 0 Å². The lowest BCUT2D eigenvalue weighted by atomic mass is 9.93. The Morgan fingerprint density at radius 2 is 1.78 bits per heavy atom. The molecule has 2 aromatic carbocycles. The number of fused-ring (bicyclic) bond motifs is 1. The first-order valence-electron chi connectivity index (χ1n) is 9.32. The van der Waals surface area contributed by atoms with Gasteiger partial charge in [-0.05, 0) is 40.7 Å². The van der Waals surface area contributed by atoms with E-state index >= 15 is 0 Å². The fourth-order valence-electron chi connectivity index (χ4n) is 3.92. The number of benzene rings is 2. The Morgan fingerprint density at radius 3 is 2.52 bits per heavy atom. The third kappa shape index (κ3) is 3.03. The summed E-state index contributed by atoms with van der Waals surface area (Å²) in [5, 5.41) is 2.35. The average Bonchev–Trinajstić information content (AvgIpc) is 2.98. The molecule has 2 aliphatic heterocycles. The Labute approximate surface area is 158 Å². The zero-order chi connectivity index (χ0) is 19.1. The number of hydrogen-bond acceptors (Lipinski definition) is 3. The average molecular weight is 362 g/mol. The summed E-state index contributed by atoms with van der Waals surface area (Å²) in [6.07, 6.45) is 0.641. The van der Waals surface area contributed by atoms with Crippen molar-refractivity contribution in [2.45, 2.75) is 45.2 Å². The largest absolute Gasteiger partial charge is 0.322 e. The van der Waals surface area contributed by atoms with Crippen molar-refractivity contribution in [1.82, 2.24) is 10.2 Å². The van der Waals surface area contributed by atoms with Gasteiger partial charge in [0.05, 0.1) is 0 Å². The molecule has 2 aliphatic rings. The van der Waals surface area contributed by atoms with Crippen molar-refractivity contribution in [3.05, 3.63) is 59.2 Å². The number of imide groups is 1. The molecule has 5 heteroatoms. The molecule has 27 heavy (non-hydrogen) atoms. The summed E-state index contributed by atoms with van der Waals surface area (Å²) < 4.78 is 0. The second-order valence-corrected chi connectivity index (χ2v) is 7.51. The van der Waals surface area contributed by atoms with Gasteiger partial charge in [0.1, 0.15) is 6.04 Å². The van der Waals surface area contributed by atoms with Crippen LogP contribution >= 0.6 is 0 Å². The van der Waals surface area contributed by atoms with Gasteiger partial charge in [-0.3, -0.25) is 19.7 Å². The third-order valence-corrected chi connectivity index (χ3v) is 5.45. The zero-order valence-electron chi connectivity index (χ0n) is 15.5. The van der Waals surface area contributed by atoms with Gasteiger partial charge in [0.25, 0.3) is 5.91 Å². The van der Waals surface area contributed by atoms with Crippen molar-refractivity contribution in [2.75, 3.05) is 0 Å². The normalized spacial score (nSPS) is 19.4. The van der Waals surface area contributed by atoms with Crippen LogP contribution < -0.4 is 5.32 Å². The quantitative estimate of drug-likeness (QED) is 0.853. The molecule has 0 spiro atoms. The van der Waals surface area contributed by atoms with Crippen molar-refractivity contribution in [3.63, 3.8) is 0 Å². The minimum atomic E-state index is -0.586. The van der Waals surface area contributed by atoms with E-state index in [2.05, 4.69) is 37.4 Å². The molecule has 1 N–H and O–H groups in total. The summed E-state index contributed by atoms with van der Waals surface area (Å²) >= 11 is 0. The van der Waals surface area contributed by atoms with E-state index in [1.165, 1.54) is 5.56 Å². The fraction of sp³-hybridized carbons (Fsp3) is 0.318. The Hall–Kier alpha value is -2.95. The Morgan fingerprint density at radius 1 is 1.04 bits per heavy atom. The fourth-order valence-corrected chi connectivity index (χ4v) is 3.92. The number of nitrogens with zero attached hydrogens (tertiary/aromatic N) is 1. The van der Waals surface area contributed by atoms with Gasteiger partial charge in [-0.15, -0.1) is 0 Å². The topological polar surface area (TPSA) is 66.5 Å². The molecule has 4 rings (SSSR count). The molecule has 5 nitrogen and oxygen atoms in total. The van der Waals surface area contributed by atoms with Gasteiger partial charge < -0.3 is 4.90 Å². The molecule has 1 atom stereocenters. The lowest BCUT2D eigenvalue weighted by molar-refractivity contribution is -0.136. The van der Waals surface area contributed by atoms with Gasteiger partial charge in [-0.25, -0.2) is 0 Å². The smallest absolute Gasteiger partial charge is 0.255 e. The predicted molar refractivity (Wildman–Crippen MR) is 102 cm³/mol. The molecule has 1 saturated heterocycles. The van der Waals surface area contributed by atoms with Crippen LogP contribution in [-0.2, 0) is 16.1 Å². The minimum absolute atomic E-state index is 0.138. The lowest BCUT2D eigenvalue weighted by Gasteiger charge is -2.29. The molecular weight excluding hydrogens is 340 g/mol. The molecule has 0 aromatic heterocycles. The number of rotatable bonds is 3. The van der Waals surface area contributed by atoms with Crippen molar-refractivity contribution in [3.8, 4) is 11.1 Å². The van der Waals surface area contributed by atoms with Crippen molar-refractivity contribution in [1.29, 1.82) is 0 Å². The monoisotopic (exact) mass is 362 g/mol. The number of piperidine rings is 1. The standard InChI is InChI=1S/C22H22N2O3/c1-13(2)14-5-3-6-15(11-14)16-7-4-8-17-18(16)12-24(22(17)27)19-9-10-20(25)23-21(19)26/h3-8,11,13,19H,9-10,12H2,1-2H3,(H,23,25,26). The second kappa shape index (κ2) is 6.65. The van der Waals surface area contributed by atoms with E-state index in [1.807, 2.05) is 24.3 Å². The van der Waals surface area contributed by atoms with Crippen LogP contribution in [0.3, 0.4) is 0 Å². The van der Waals surface area contributed by atoms with Gasteiger partial charge in [-0.1, -0.05) is 50.2 Å². The van der Waals surface area contributed by atoms with E-state index in [-0.39, 0.29) is 24.1 Å². The van der Waals surface area contributed by atoms with Gasteiger partial charge in [0.15, 0.2) is 0 Å². The molecular formula is C22H22N2O3. The number of carbonyl (C=O) groups excluding carboxylic acids is 3. The summed E-state index contributed by atoms with van der Waals surface area (Å²) in [5.41, 5.74) is 4.95. The van der Waals surface area contributed by atoms with Gasteiger partial charge in [0.2, 0.25) is 11.8 Å². The maximum atomic E-state index is 12.9. The second-order valence-electron chi connectivity index (χ2n) is 7.51. The van der Waals surface area contributed by atoms with E-state index in [1.54, 1.807) is 4.90 Å². The van der Waals surface area contributed by atoms with Crippen LogP contribution in [0.4, 0.5) is 0 Å². The maximum absolute atomic E-state index is 12.9. The van der Waals surface area contributed by atoms with Crippen LogP contribution in [0.15, 0.2) is 42.5 Å². The number of hydrogen-bond donors (Lipinski definition) is 1. The van der Waals surface area contributed by atoms with Crippen molar-refractivity contribution < 1.29 is 14.4 Å². The van der Waals surface area contributed by atoms with Crippen LogP contribution in [0.2, 0.25) is 0 Å². The minimum Gasteiger partial charge on any atom is -0.322 e. The Bertz CT molecular complexity index is 948. The van der Waals surface area contributed by atoms with Crippen molar-refractivity contribution >= 4 is 17.7 Å². The molecule has 138 valence electrons. The van der Waals surface area contributed by atoms with E-state index in [0.717, 1.165) is 16.7 Å². The molecule has 0 aliphatic carbocycles. The summed E-state index contributed by atoms with van der Waals surface area (Å²) in [5.74, 6) is -0.368. The van der Waals surface area contributed by atoms with Crippen LogP contribution in [0.1, 0.15) is 54.1 Å². The first kappa shape index (κ1) is 17.5. The highest BCUT2D eigenvalue weighted by molar-refractivity contribution is 6.06. The van der Waals surface area contributed by atoms with Crippen LogP contribution in [0.25, 0.3) is 11.1 Å². The molecule has 2 heterocycles. The summed E-state index contributed by atoms with van der Waals surface area (Å²) in [6, 6.07) is 13.5. The number of amides is 3. The molecule has 0 saturated carbocycles. The molecule has 1 unspecified atom stereocenters. The Balaban J connectivity index is 1.70. The highest BCUT2D eigenvalue weighted by Gasteiger charge is 2.39. The highest BCUT2D eigenvalue weighted by Crippen LogP contribution is 2.35. The molecule has 1 fully saturated rings. The van der Waals surface area contributed by atoms with Crippen molar-refractivity contribution in [2.24, 2.45) is 0 Å². The molecule has 2 aromatic rings. The van der Waals surface area contributed by atoms with E-state index in [0.29, 0.717) is 24.4 Å². The zero-order valence-corrected chi connectivity index (χ0v) is 15.5. The first-order valence-corrected chi connectivity index (χ1v) is 9.32. The lowest BCUT2D eigenvalue weighted by Crippen LogP contribution is -2.52. The third-order valence-electron chi connectivity index (χ3n) is 5.45. The van der Waals surface area contributed by atoms with Gasteiger partial charge in [0, 0.05) is 18.5 Å². The Kier molecular flexibility index (Phi) is 4.30. The molecule has 3 amide bonds. The van der Waals surface area contributed by atoms with Crippen LogP contribution in [0, 0.1) is 0 Å². The summed E-state index contributed by atoms with van der Waals surface area (Å²) in [7, 11) is 0. The van der Waals surface area contributed by atoms with E-state index < -0.39 is 6.04 Å². The first-order chi connectivity index (χ1) is 13.0. The number of nitrogens with one attached hydrogen (secondary N) is 1. The predicted octanol–water partition coefficient (Wildman–Crippen LogP) is 3.24. The SMILES string of the molecule is CC(C)c1cccc(-c2cccc3c2CN(C2CCC(=O)NC2=O)C3=O)c1. The summed E-state index contributed by atoms with van der Waals surface area (Å²) in [6.45, 7) is 4.70. The number of carbonyl (C=O) groups is 3. The molecule has 0 bridgehead atoms. The van der Waals surface area contributed by atoms with Crippen LogP contribution in [0.5, 0.6) is 0 Å².